The molecule has 0 aromatic heterocycles. The van der Waals surface area contributed by atoms with E-state index >= 15 is 0 Å². The van der Waals surface area contributed by atoms with Crippen molar-refractivity contribution in [2.45, 2.75) is 25.7 Å². The number of hydrogen-bond donors (Lipinski definition) is 2. The molecule has 4 nitrogen and oxygen atoms in total. The number of carboxylic acids is 2. The molecule has 0 spiro atoms. The van der Waals surface area contributed by atoms with Gasteiger partial charge in [-0.1, -0.05) is 0 Å². The van der Waals surface area contributed by atoms with Crippen molar-refractivity contribution in [3.05, 3.63) is 0 Å². The topological polar surface area (TPSA) is 74.6 Å². The lowest BCUT2D eigenvalue weighted by Crippen LogP contribution is -2.19. The van der Waals surface area contributed by atoms with Crippen molar-refractivity contribution in [2.75, 3.05) is 23.0 Å². The minimum atomic E-state index is -0.737. The highest BCUT2D eigenvalue weighted by molar-refractivity contribution is 8.00. The van der Waals surface area contributed by atoms with Crippen molar-refractivity contribution in [1.82, 2.24) is 0 Å². The zero-order valence-electron chi connectivity index (χ0n) is 10.3. The van der Waals surface area contributed by atoms with Gasteiger partial charge in [-0.05, 0) is 49.0 Å². The molecular weight excluding hydrogens is 272 g/mol. The number of hydrogen-bond acceptors (Lipinski definition) is 4. The van der Waals surface area contributed by atoms with Crippen molar-refractivity contribution in [2.24, 2.45) is 11.8 Å². The Morgan fingerprint density at radius 1 is 0.833 bits per heavy atom. The lowest BCUT2D eigenvalue weighted by molar-refractivity contribution is -0.134. The van der Waals surface area contributed by atoms with Crippen molar-refractivity contribution in [3.63, 3.8) is 0 Å². The van der Waals surface area contributed by atoms with Crippen LogP contribution in [0.1, 0.15) is 25.7 Å². The molecule has 0 aromatic carbocycles. The summed E-state index contributed by atoms with van der Waals surface area (Å²) >= 11 is 3.02. The molecule has 104 valence electrons. The lowest BCUT2D eigenvalue weighted by Gasteiger charge is -2.27. The van der Waals surface area contributed by atoms with Crippen LogP contribution in [0.5, 0.6) is 0 Å². The quantitative estimate of drug-likeness (QED) is 0.715. The molecule has 6 heteroatoms. The van der Waals surface area contributed by atoms with Gasteiger partial charge in [0, 0.05) is 0 Å². The van der Waals surface area contributed by atoms with E-state index in [1.165, 1.54) is 23.5 Å². The predicted molar refractivity (Wildman–Crippen MR) is 75.4 cm³/mol. The molecule has 2 N–H and O–H groups in total. The van der Waals surface area contributed by atoms with Gasteiger partial charge in [0.1, 0.15) is 0 Å². The van der Waals surface area contributed by atoms with E-state index in [0.29, 0.717) is 11.8 Å². The van der Waals surface area contributed by atoms with Crippen LogP contribution in [-0.2, 0) is 9.59 Å². The molecule has 0 aliphatic heterocycles. The number of carbonyl (C=O) groups is 2. The summed E-state index contributed by atoms with van der Waals surface area (Å²) < 4.78 is 0. The highest BCUT2D eigenvalue weighted by Gasteiger charge is 2.21. The summed E-state index contributed by atoms with van der Waals surface area (Å²) in [5.41, 5.74) is 0. The van der Waals surface area contributed by atoms with E-state index in [1.807, 2.05) is 0 Å². The number of aliphatic carboxylic acids is 2. The minimum Gasteiger partial charge on any atom is -0.481 e. The van der Waals surface area contributed by atoms with Gasteiger partial charge in [0.25, 0.3) is 0 Å². The largest absolute Gasteiger partial charge is 0.481 e. The zero-order chi connectivity index (χ0) is 13.4. The van der Waals surface area contributed by atoms with Crippen LogP contribution in [0, 0.1) is 11.8 Å². The SMILES string of the molecule is O=C(O)CSCC1CCC(CSCC(=O)O)CC1. The maximum absolute atomic E-state index is 10.4. The smallest absolute Gasteiger partial charge is 0.313 e. The van der Waals surface area contributed by atoms with Gasteiger partial charge in [-0.15, -0.1) is 23.5 Å². The fraction of sp³-hybridized carbons (Fsp3) is 0.833. The fourth-order valence-electron chi connectivity index (χ4n) is 2.19. The molecule has 1 aliphatic rings. The molecule has 0 atom stereocenters. The molecule has 0 unspecified atom stereocenters. The first-order valence-corrected chi connectivity index (χ1v) is 8.48. The third-order valence-corrected chi connectivity index (χ3v) is 5.44. The Bertz CT molecular complexity index is 247. The number of carboxylic acid groups (broad SMARTS) is 2. The summed E-state index contributed by atoms with van der Waals surface area (Å²) in [6, 6.07) is 0. The van der Waals surface area contributed by atoms with E-state index in [9.17, 15) is 9.59 Å². The summed E-state index contributed by atoms with van der Waals surface area (Å²) in [6.45, 7) is 0. The van der Waals surface area contributed by atoms with Gasteiger partial charge < -0.3 is 10.2 Å². The molecule has 1 aliphatic carbocycles. The average molecular weight is 292 g/mol. The third-order valence-electron chi connectivity index (χ3n) is 3.12. The summed E-state index contributed by atoms with van der Waals surface area (Å²) in [6.07, 6.45) is 4.63. The van der Waals surface area contributed by atoms with Crippen molar-refractivity contribution >= 4 is 35.5 Å². The molecule has 1 fully saturated rings. The Morgan fingerprint density at radius 2 is 1.17 bits per heavy atom. The second-order valence-electron chi connectivity index (χ2n) is 4.70. The van der Waals surface area contributed by atoms with Crippen LogP contribution in [0.25, 0.3) is 0 Å². The van der Waals surface area contributed by atoms with E-state index in [4.69, 9.17) is 10.2 Å². The van der Waals surface area contributed by atoms with E-state index in [1.54, 1.807) is 0 Å². The minimum absolute atomic E-state index is 0.203. The van der Waals surface area contributed by atoms with Crippen LogP contribution in [-0.4, -0.2) is 45.2 Å². The van der Waals surface area contributed by atoms with E-state index in [2.05, 4.69) is 0 Å². The third kappa shape index (κ3) is 7.16. The standard InChI is InChI=1S/C12H20O4S2/c13-11(14)7-17-5-9-1-2-10(4-3-9)6-18-8-12(15)16/h9-10H,1-8H2,(H,13,14)(H,15,16). The first-order valence-electron chi connectivity index (χ1n) is 6.17. The van der Waals surface area contributed by atoms with Crippen molar-refractivity contribution in [3.8, 4) is 0 Å². The zero-order valence-corrected chi connectivity index (χ0v) is 12.0. The molecule has 1 rings (SSSR count). The summed E-state index contributed by atoms with van der Waals surface area (Å²) in [4.78, 5) is 20.8. The van der Waals surface area contributed by atoms with E-state index in [-0.39, 0.29) is 11.5 Å². The highest BCUT2D eigenvalue weighted by atomic mass is 32.2. The molecule has 0 bridgehead atoms. The second-order valence-corrected chi connectivity index (χ2v) is 6.76. The molecule has 18 heavy (non-hydrogen) atoms. The average Bonchev–Trinajstić information content (AvgIpc) is 2.30. The monoisotopic (exact) mass is 292 g/mol. The van der Waals surface area contributed by atoms with Gasteiger partial charge in [-0.25, -0.2) is 0 Å². The Balaban J connectivity index is 2.05. The van der Waals surface area contributed by atoms with Gasteiger partial charge >= 0.3 is 11.9 Å². The van der Waals surface area contributed by atoms with E-state index < -0.39 is 11.9 Å². The van der Waals surface area contributed by atoms with E-state index in [0.717, 1.165) is 37.2 Å². The fourth-order valence-corrected chi connectivity index (χ4v) is 4.11. The molecule has 0 aromatic rings. The predicted octanol–water partition coefficient (Wildman–Crippen LogP) is 2.43. The summed E-state index contributed by atoms with van der Waals surface area (Å²) in [5, 5.41) is 17.1. The maximum Gasteiger partial charge on any atom is 0.313 e. The van der Waals surface area contributed by atoms with Crippen LogP contribution >= 0.6 is 23.5 Å². The lowest BCUT2D eigenvalue weighted by atomic mass is 9.84. The normalized spacial score (nSPS) is 23.8. The van der Waals surface area contributed by atoms with Gasteiger partial charge in [0.05, 0.1) is 11.5 Å². The van der Waals surface area contributed by atoms with Gasteiger partial charge in [-0.2, -0.15) is 0 Å². The van der Waals surface area contributed by atoms with Crippen LogP contribution in [0.3, 0.4) is 0 Å². The van der Waals surface area contributed by atoms with Crippen LogP contribution in [0.2, 0.25) is 0 Å². The number of thioether (sulfide) groups is 2. The maximum atomic E-state index is 10.4. The first kappa shape index (κ1) is 15.7. The van der Waals surface area contributed by atoms with Gasteiger partial charge in [0.15, 0.2) is 0 Å². The van der Waals surface area contributed by atoms with Crippen LogP contribution < -0.4 is 0 Å². The second kappa shape index (κ2) is 8.69. The summed E-state index contributed by atoms with van der Waals surface area (Å²) in [7, 11) is 0. The molecule has 0 heterocycles. The summed E-state index contributed by atoms with van der Waals surface area (Å²) in [5.74, 6) is 2.12. The van der Waals surface area contributed by atoms with Crippen molar-refractivity contribution in [1.29, 1.82) is 0 Å². The highest BCUT2D eigenvalue weighted by Crippen LogP contribution is 2.32. The molecule has 1 saturated carbocycles. The van der Waals surface area contributed by atoms with Gasteiger partial charge in [-0.3, -0.25) is 9.59 Å². The Labute approximate surface area is 116 Å². The van der Waals surface area contributed by atoms with Crippen LogP contribution in [0.4, 0.5) is 0 Å². The molecule has 0 radical (unpaired) electrons. The Morgan fingerprint density at radius 3 is 1.44 bits per heavy atom. The number of rotatable bonds is 8. The Kier molecular flexibility index (Phi) is 7.58. The molecular formula is C12H20O4S2. The van der Waals surface area contributed by atoms with Gasteiger partial charge in [0.2, 0.25) is 0 Å². The van der Waals surface area contributed by atoms with Crippen LogP contribution in [0.15, 0.2) is 0 Å². The Hall–Kier alpha value is -0.360. The van der Waals surface area contributed by atoms with Crippen molar-refractivity contribution < 1.29 is 19.8 Å². The molecule has 0 amide bonds. The first-order chi connectivity index (χ1) is 8.58. The molecule has 0 saturated heterocycles.